The average Bonchev–Trinajstić information content (AvgIpc) is 4.16. The number of ether oxygens (including phenoxy) is 2. The van der Waals surface area contributed by atoms with E-state index in [-0.39, 0.29) is 29.8 Å². The molecule has 9 rings (SSSR count). The standard InChI is InChI=1S/C50H53N7O6/c1-30(2)44(54-48(60)62-3)46(58)56-21-8-12-43(56)45-52-29-41(53-45)36-20-19-34-23-33(17-18-35(34)24-36)31-13-15-32(16-14-31)39-25-40(51-28-39)42-11-7-22-57(42)47(59)50(55-49(61)63-4)26-37-9-5-6-10-38(37)27-50/h5-6,9-10,13-20,23-24,28-30,42-44H,7-8,11-12,21-22,25-27H2,1-4H3,(H,52,53)(H,54,60)(H,55,61)/t42-,43-,44-/m0/s1. The lowest BCUT2D eigenvalue weighted by molar-refractivity contribution is -0.137. The molecule has 4 heterocycles. The zero-order valence-corrected chi connectivity index (χ0v) is 36.1. The first-order valence-corrected chi connectivity index (χ1v) is 21.9. The van der Waals surface area contributed by atoms with Crippen molar-refractivity contribution in [3.8, 4) is 22.4 Å². The van der Waals surface area contributed by atoms with Crippen LogP contribution in [-0.4, -0.2) is 94.4 Å². The zero-order chi connectivity index (χ0) is 43.8. The van der Waals surface area contributed by atoms with Gasteiger partial charge in [-0.25, -0.2) is 14.6 Å². The van der Waals surface area contributed by atoms with Gasteiger partial charge in [-0.2, -0.15) is 0 Å². The number of hydrogen-bond acceptors (Lipinski definition) is 8. The van der Waals surface area contributed by atoms with E-state index in [2.05, 4.69) is 76.3 Å². The minimum absolute atomic E-state index is 0.0805. The number of nitrogens with zero attached hydrogens (tertiary/aromatic N) is 4. The van der Waals surface area contributed by atoms with Crippen molar-refractivity contribution in [2.75, 3.05) is 27.3 Å². The summed E-state index contributed by atoms with van der Waals surface area (Å²) in [5.74, 6) is 0.411. The number of rotatable bonds is 10. The number of allylic oxidation sites excluding steroid dienone is 1. The van der Waals surface area contributed by atoms with Gasteiger partial charge in [-0.3, -0.25) is 14.6 Å². The summed E-state index contributed by atoms with van der Waals surface area (Å²) in [5, 5.41) is 7.86. The van der Waals surface area contributed by atoms with E-state index in [4.69, 9.17) is 19.5 Å². The summed E-state index contributed by atoms with van der Waals surface area (Å²) < 4.78 is 9.76. The van der Waals surface area contributed by atoms with Crippen molar-refractivity contribution < 1.29 is 28.7 Å². The van der Waals surface area contributed by atoms with E-state index < -0.39 is 23.8 Å². The highest BCUT2D eigenvalue weighted by molar-refractivity contribution is 6.04. The van der Waals surface area contributed by atoms with Crippen molar-refractivity contribution in [3.05, 3.63) is 120 Å². The van der Waals surface area contributed by atoms with Gasteiger partial charge in [0.2, 0.25) is 11.8 Å². The van der Waals surface area contributed by atoms with Gasteiger partial charge >= 0.3 is 12.2 Å². The van der Waals surface area contributed by atoms with Gasteiger partial charge < -0.3 is 34.9 Å². The number of nitrogens with one attached hydrogen (secondary N) is 3. The molecule has 4 aliphatic rings. The Bertz CT molecular complexity index is 2620. The zero-order valence-electron chi connectivity index (χ0n) is 36.1. The number of carbonyl (C=O) groups is 4. The van der Waals surface area contributed by atoms with Gasteiger partial charge in [0.15, 0.2) is 0 Å². The van der Waals surface area contributed by atoms with Crippen LogP contribution >= 0.6 is 0 Å². The second kappa shape index (κ2) is 17.2. The molecule has 13 nitrogen and oxygen atoms in total. The molecule has 5 aromatic rings. The minimum Gasteiger partial charge on any atom is -0.453 e. The fraction of sp³-hybridized carbons (Fsp3) is 0.360. The lowest BCUT2D eigenvalue weighted by Crippen LogP contribution is -2.62. The van der Waals surface area contributed by atoms with Crippen LogP contribution in [0.15, 0.2) is 102 Å². The summed E-state index contributed by atoms with van der Waals surface area (Å²) in [4.78, 5) is 69.5. The number of hydrogen-bond donors (Lipinski definition) is 3. The number of amides is 4. The van der Waals surface area contributed by atoms with Crippen molar-refractivity contribution in [1.29, 1.82) is 0 Å². The van der Waals surface area contributed by atoms with Gasteiger partial charge in [0.05, 0.1) is 38.2 Å². The Kier molecular flexibility index (Phi) is 11.3. The van der Waals surface area contributed by atoms with E-state index in [0.717, 1.165) is 92.6 Å². The maximum atomic E-state index is 14.4. The molecule has 1 aromatic heterocycles. The number of benzene rings is 4. The molecular weight excluding hydrogens is 795 g/mol. The van der Waals surface area contributed by atoms with Gasteiger partial charge in [-0.05, 0) is 87.9 Å². The monoisotopic (exact) mass is 847 g/mol. The number of aliphatic imine (C=N–C) groups is 1. The molecule has 0 bridgehead atoms. The maximum absolute atomic E-state index is 14.4. The van der Waals surface area contributed by atoms with E-state index in [1.807, 2.05) is 60.3 Å². The summed E-state index contributed by atoms with van der Waals surface area (Å²) in [6, 6.07) is 28.4. The number of methoxy groups -OCH3 is 2. The third-order valence-electron chi connectivity index (χ3n) is 13.3. The van der Waals surface area contributed by atoms with Crippen LogP contribution in [0.1, 0.15) is 74.5 Å². The molecule has 3 atom stereocenters. The molecule has 2 saturated heterocycles. The summed E-state index contributed by atoms with van der Waals surface area (Å²) in [6.07, 6.45) is 7.39. The number of fused-ring (bicyclic) bond motifs is 2. The van der Waals surface area contributed by atoms with Crippen molar-refractivity contribution in [2.45, 2.75) is 82.5 Å². The Morgan fingerprint density at radius 3 is 2.06 bits per heavy atom. The van der Waals surface area contributed by atoms with Crippen LogP contribution in [0.25, 0.3) is 38.7 Å². The number of carbonyl (C=O) groups excluding carboxylic acids is 4. The van der Waals surface area contributed by atoms with E-state index in [1.165, 1.54) is 14.2 Å². The highest BCUT2D eigenvalue weighted by Crippen LogP contribution is 2.38. The van der Waals surface area contributed by atoms with Gasteiger partial charge in [-0.15, -0.1) is 0 Å². The van der Waals surface area contributed by atoms with Crippen LogP contribution < -0.4 is 10.6 Å². The molecule has 0 spiro atoms. The van der Waals surface area contributed by atoms with Crippen LogP contribution in [0.4, 0.5) is 9.59 Å². The molecule has 0 saturated carbocycles. The Morgan fingerprint density at radius 1 is 0.762 bits per heavy atom. The summed E-state index contributed by atoms with van der Waals surface area (Å²) >= 11 is 0. The van der Waals surface area contributed by atoms with Gasteiger partial charge in [0.25, 0.3) is 0 Å². The third-order valence-corrected chi connectivity index (χ3v) is 13.3. The summed E-state index contributed by atoms with van der Waals surface area (Å²) in [7, 11) is 2.62. The fourth-order valence-electron chi connectivity index (χ4n) is 9.93. The molecule has 3 N–H and O–H groups in total. The molecule has 4 aromatic carbocycles. The minimum atomic E-state index is -1.09. The highest BCUT2D eigenvalue weighted by Gasteiger charge is 2.50. The predicted molar refractivity (Wildman–Crippen MR) is 242 cm³/mol. The lowest BCUT2D eigenvalue weighted by Gasteiger charge is -2.35. The third kappa shape index (κ3) is 8.08. The van der Waals surface area contributed by atoms with Gasteiger partial charge in [-0.1, -0.05) is 86.6 Å². The number of aromatic nitrogens is 2. The number of H-pyrrole nitrogens is 1. The maximum Gasteiger partial charge on any atom is 0.407 e. The Balaban J connectivity index is 0.849. The molecule has 0 radical (unpaired) electrons. The van der Waals surface area contributed by atoms with Crippen molar-refractivity contribution >= 4 is 46.1 Å². The van der Waals surface area contributed by atoms with Crippen molar-refractivity contribution in [3.63, 3.8) is 0 Å². The van der Waals surface area contributed by atoms with Crippen LogP contribution in [0, 0.1) is 5.92 Å². The first kappa shape index (κ1) is 41.6. The Hall–Kier alpha value is -6.76. The largest absolute Gasteiger partial charge is 0.453 e. The molecule has 4 amide bonds. The Labute approximate surface area is 367 Å². The molecule has 2 fully saturated rings. The quantitative estimate of drug-likeness (QED) is 0.129. The normalized spacial score (nSPS) is 19.4. The topological polar surface area (TPSA) is 158 Å². The average molecular weight is 848 g/mol. The lowest BCUT2D eigenvalue weighted by atomic mass is 9.92. The van der Waals surface area contributed by atoms with E-state index in [0.29, 0.717) is 32.4 Å². The van der Waals surface area contributed by atoms with E-state index in [1.54, 1.807) is 0 Å². The van der Waals surface area contributed by atoms with Crippen LogP contribution in [0.3, 0.4) is 0 Å². The number of likely N-dealkylation sites (tertiary alicyclic amines) is 2. The second-order valence-electron chi connectivity index (χ2n) is 17.5. The highest BCUT2D eigenvalue weighted by atomic mass is 16.5. The Morgan fingerprint density at radius 2 is 1.38 bits per heavy atom. The number of aromatic amines is 1. The molecule has 324 valence electrons. The van der Waals surface area contributed by atoms with Gasteiger partial charge in [0.1, 0.15) is 17.4 Å². The molecule has 1 aliphatic carbocycles. The SMILES string of the molecule is COC(=O)N[C@H](C(=O)N1CCC[C@H]1c1ncc(-c2ccc3cc(-c4ccc(C5=CN=C([C@@H]6CCCN6C(=O)C6(NC(=O)OC)Cc7ccccc7C6)C5)cc4)ccc3c2)[nH]1)C(C)C. The smallest absolute Gasteiger partial charge is 0.407 e. The first-order valence-electron chi connectivity index (χ1n) is 21.9. The van der Waals surface area contributed by atoms with Crippen LogP contribution in [0.2, 0.25) is 0 Å². The fourth-order valence-corrected chi connectivity index (χ4v) is 9.93. The molecule has 3 aliphatic heterocycles. The van der Waals surface area contributed by atoms with E-state index >= 15 is 0 Å². The molecule has 13 heteroatoms. The van der Waals surface area contributed by atoms with Crippen LogP contribution in [0.5, 0.6) is 0 Å². The van der Waals surface area contributed by atoms with Crippen LogP contribution in [-0.2, 0) is 31.9 Å². The van der Waals surface area contributed by atoms with Crippen molar-refractivity contribution in [1.82, 2.24) is 30.4 Å². The molecule has 63 heavy (non-hydrogen) atoms. The first-order chi connectivity index (χ1) is 30.5. The number of alkyl carbamates (subject to hydrolysis) is 2. The molecular formula is C50H53N7O6. The number of imidazole rings is 1. The van der Waals surface area contributed by atoms with Gasteiger partial charge in [0, 0.05) is 49.8 Å². The summed E-state index contributed by atoms with van der Waals surface area (Å²) in [5.41, 5.74) is 8.32. The van der Waals surface area contributed by atoms with E-state index in [9.17, 15) is 19.2 Å². The predicted octanol–water partition coefficient (Wildman–Crippen LogP) is 8.01. The summed E-state index contributed by atoms with van der Waals surface area (Å²) in [6.45, 7) is 5.03. The molecule has 0 unspecified atom stereocenters. The van der Waals surface area contributed by atoms with Crippen molar-refractivity contribution in [2.24, 2.45) is 10.9 Å². The second-order valence-corrected chi connectivity index (χ2v) is 17.5.